The van der Waals surface area contributed by atoms with Crippen molar-refractivity contribution in [2.45, 2.75) is 25.0 Å². The van der Waals surface area contributed by atoms with Gasteiger partial charge in [0.15, 0.2) is 0 Å². The minimum absolute atomic E-state index is 0.0589. The molecular formula is C19H21N3O4S. The summed E-state index contributed by atoms with van der Waals surface area (Å²) in [5, 5.41) is 18.6. The van der Waals surface area contributed by atoms with Gasteiger partial charge in [-0.3, -0.25) is 14.4 Å². The minimum Gasteiger partial charge on any atom is -0.391 e. The highest BCUT2D eigenvalue weighted by Gasteiger charge is 2.40. The number of carbonyl (C=O) groups is 3. The first-order valence-corrected chi connectivity index (χ1v) is 9.91. The lowest BCUT2D eigenvalue weighted by molar-refractivity contribution is -0.141. The molecule has 2 heterocycles. The summed E-state index contributed by atoms with van der Waals surface area (Å²) in [6.45, 7) is 0.990. The first-order valence-electron chi connectivity index (χ1n) is 9.03. The molecule has 0 bridgehead atoms. The van der Waals surface area contributed by atoms with Crippen LogP contribution in [0.5, 0.6) is 0 Å². The van der Waals surface area contributed by atoms with Crippen molar-refractivity contribution in [1.29, 1.82) is 0 Å². The lowest BCUT2D eigenvalue weighted by Gasteiger charge is -2.28. The van der Waals surface area contributed by atoms with Crippen LogP contribution in [0.4, 0.5) is 0 Å². The zero-order valence-corrected chi connectivity index (χ0v) is 15.5. The quantitative estimate of drug-likeness (QED) is 0.723. The smallest absolute Gasteiger partial charge is 0.253 e. The first kappa shape index (κ1) is 17.9. The molecule has 4 rings (SSSR count). The van der Waals surface area contributed by atoms with Crippen LogP contribution in [0.25, 0.3) is 10.1 Å². The molecular weight excluding hydrogens is 366 g/mol. The Bertz CT molecular complexity index is 896. The monoisotopic (exact) mass is 387 g/mol. The first-order chi connectivity index (χ1) is 13.0. The Labute approximate surface area is 160 Å². The van der Waals surface area contributed by atoms with Crippen LogP contribution >= 0.6 is 11.3 Å². The molecule has 2 aliphatic rings. The highest BCUT2D eigenvalue weighted by atomic mass is 32.1. The third-order valence-electron chi connectivity index (χ3n) is 5.27. The molecule has 0 spiro atoms. The van der Waals surface area contributed by atoms with Crippen LogP contribution in [0.1, 0.15) is 23.2 Å². The maximum atomic E-state index is 12.7. The average molecular weight is 387 g/mol. The molecule has 7 nitrogen and oxygen atoms in total. The Morgan fingerprint density at radius 2 is 2.07 bits per heavy atom. The molecule has 1 aliphatic carbocycles. The van der Waals surface area contributed by atoms with Crippen molar-refractivity contribution in [3.8, 4) is 0 Å². The van der Waals surface area contributed by atoms with Gasteiger partial charge < -0.3 is 20.6 Å². The summed E-state index contributed by atoms with van der Waals surface area (Å²) in [6.07, 6.45) is -0.0931. The third-order valence-corrected chi connectivity index (χ3v) is 6.23. The number of hydrogen-bond acceptors (Lipinski definition) is 5. The Kier molecular flexibility index (Phi) is 4.84. The summed E-state index contributed by atoms with van der Waals surface area (Å²) >= 11 is 1.50. The number of hydrogen-bond donors (Lipinski definition) is 3. The predicted molar refractivity (Wildman–Crippen MR) is 101 cm³/mol. The van der Waals surface area contributed by atoms with Gasteiger partial charge in [-0.1, -0.05) is 18.2 Å². The topological polar surface area (TPSA) is 98.7 Å². The number of carbonyl (C=O) groups excluding carboxylic acids is 3. The van der Waals surface area contributed by atoms with Crippen LogP contribution in [0.2, 0.25) is 0 Å². The standard InChI is InChI=1S/C19H21N3O4S/c23-15-8-11(19(26)22-6-5-20-17(24)9-22)7-14(15)21-18(25)13-10-27-16-4-2-1-3-12(13)16/h1-4,10-11,14-15,23H,5-9H2,(H,20,24)(H,21,25)/t11-,14-,15-/m0/s1. The van der Waals surface area contributed by atoms with Crippen molar-refractivity contribution < 1.29 is 19.5 Å². The Morgan fingerprint density at radius 3 is 2.89 bits per heavy atom. The normalized spacial score (nSPS) is 25.4. The molecule has 3 N–H and O–H groups in total. The van der Waals surface area contributed by atoms with Crippen LogP contribution in [-0.2, 0) is 9.59 Å². The Hall–Kier alpha value is -2.45. The number of benzene rings is 1. The van der Waals surface area contributed by atoms with Gasteiger partial charge in [0.25, 0.3) is 5.91 Å². The Balaban J connectivity index is 1.42. The van der Waals surface area contributed by atoms with Crippen LogP contribution in [0.15, 0.2) is 29.6 Å². The number of amides is 3. The largest absolute Gasteiger partial charge is 0.391 e. The average Bonchev–Trinajstić information content (AvgIpc) is 3.25. The predicted octanol–water partition coefficient (Wildman–Crippen LogP) is 0.729. The lowest BCUT2D eigenvalue weighted by atomic mass is 10.1. The van der Waals surface area contributed by atoms with Crippen molar-refractivity contribution in [2.75, 3.05) is 19.6 Å². The van der Waals surface area contributed by atoms with Gasteiger partial charge in [-0.25, -0.2) is 0 Å². The molecule has 0 radical (unpaired) electrons. The van der Waals surface area contributed by atoms with Crippen LogP contribution in [0.3, 0.4) is 0 Å². The number of fused-ring (bicyclic) bond motifs is 1. The number of nitrogens with zero attached hydrogens (tertiary/aromatic N) is 1. The van der Waals surface area contributed by atoms with E-state index in [2.05, 4.69) is 10.6 Å². The maximum absolute atomic E-state index is 12.7. The van der Waals surface area contributed by atoms with E-state index in [1.165, 1.54) is 16.2 Å². The van der Waals surface area contributed by atoms with Crippen LogP contribution in [0, 0.1) is 5.92 Å². The second-order valence-corrected chi connectivity index (χ2v) is 7.98. The van der Waals surface area contributed by atoms with E-state index in [0.29, 0.717) is 31.5 Å². The number of nitrogens with one attached hydrogen (secondary N) is 2. The van der Waals surface area contributed by atoms with Gasteiger partial charge in [0.05, 0.1) is 24.3 Å². The summed E-state index contributed by atoms with van der Waals surface area (Å²) in [4.78, 5) is 38.4. The number of aliphatic hydroxyl groups excluding tert-OH is 1. The van der Waals surface area contributed by atoms with Crippen molar-refractivity contribution >= 4 is 39.1 Å². The van der Waals surface area contributed by atoms with E-state index in [9.17, 15) is 19.5 Å². The number of piperazine rings is 1. The molecule has 142 valence electrons. The summed E-state index contributed by atoms with van der Waals surface area (Å²) < 4.78 is 1.03. The maximum Gasteiger partial charge on any atom is 0.253 e. The number of aliphatic hydroxyl groups is 1. The molecule has 2 aromatic rings. The summed E-state index contributed by atoms with van der Waals surface area (Å²) in [5.41, 5.74) is 0.588. The van der Waals surface area contributed by atoms with Crippen molar-refractivity contribution in [2.24, 2.45) is 5.92 Å². The van der Waals surface area contributed by atoms with E-state index in [1.807, 2.05) is 29.6 Å². The van der Waals surface area contributed by atoms with E-state index < -0.39 is 12.1 Å². The molecule has 1 aromatic carbocycles. The van der Waals surface area contributed by atoms with Crippen molar-refractivity contribution in [1.82, 2.24) is 15.5 Å². The van der Waals surface area contributed by atoms with Crippen molar-refractivity contribution in [3.63, 3.8) is 0 Å². The van der Waals surface area contributed by atoms with Gasteiger partial charge in [-0.15, -0.1) is 11.3 Å². The van der Waals surface area contributed by atoms with Gasteiger partial charge in [0.1, 0.15) is 0 Å². The molecule has 1 saturated carbocycles. The third kappa shape index (κ3) is 3.54. The zero-order chi connectivity index (χ0) is 19.0. The molecule has 8 heteroatoms. The fourth-order valence-corrected chi connectivity index (χ4v) is 4.80. The van der Waals surface area contributed by atoms with Gasteiger partial charge in [0, 0.05) is 34.5 Å². The summed E-state index contributed by atoms with van der Waals surface area (Å²) in [5.74, 6) is -0.902. The lowest BCUT2D eigenvalue weighted by Crippen LogP contribution is -2.51. The van der Waals surface area contributed by atoms with E-state index in [1.54, 1.807) is 0 Å². The van der Waals surface area contributed by atoms with Gasteiger partial charge in [-0.05, 0) is 18.9 Å². The molecule has 27 heavy (non-hydrogen) atoms. The second kappa shape index (κ2) is 7.28. The van der Waals surface area contributed by atoms with Crippen molar-refractivity contribution in [3.05, 3.63) is 35.2 Å². The fourth-order valence-electron chi connectivity index (χ4n) is 3.86. The molecule has 1 aromatic heterocycles. The molecule has 3 atom stereocenters. The molecule has 1 saturated heterocycles. The van der Waals surface area contributed by atoms with E-state index in [4.69, 9.17) is 0 Å². The number of thiophene rings is 1. The van der Waals surface area contributed by atoms with E-state index >= 15 is 0 Å². The highest BCUT2D eigenvalue weighted by molar-refractivity contribution is 7.17. The zero-order valence-electron chi connectivity index (χ0n) is 14.7. The minimum atomic E-state index is -0.772. The summed E-state index contributed by atoms with van der Waals surface area (Å²) in [7, 11) is 0. The van der Waals surface area contributed by atoms with Crippen LogP contribution in [-0.4, -0.2) is 59.5 Å². The SMILES string of the molecule is O=C1CN(C(=O)[C@H]2C[C@H](NC(=O)c3csc4ccccc34)[C@@H](O)C2)CCN1. The molecule has 2 fully saturated rings. The highest BCUT2D eigenvalue weighted by Crippen LogP contribution is 2.30. The Morgan fingerprint density at radius 1 is 1.26 bits per heavy atom. The molecule has 3 amide bonds. The second-order valence-electron chi connectivity index (χ2n) is 7.07. The summed E-state index contributed by atoms with van der Waals surface area (Å²) in [6, 6.07) is 7.21. The molecule has 1 aliphatic heterocycles. The van der Waals surface area contributed by atoms with E-state index in [-0.39, 0.29) is 30.2 Å². The fraction of sp³-hybridized carbons (Fsp3) is 0.421. The van der Waals surface area contributed by atoms with Gasteiger partial charge in [0.2, 0.25) is 11.8 Å². The molecule has 0 unspecified atom stereocenters. The number of rotatable bonds is 3. The van der Waals surface area contributed by atoms with Gasteiger partial charge in [-0.2, -0.15) is 0 Å². The van der Waals surface area contributed by atoms with E-state index in [0.717, 1.165) is 10.1 Å². The van der Waals surface area contributed by atoms with Gasteiger partial charge >= 0.3 is 0 Å². The van der Waals surface area contributed by atoms with Crippen LogP contribution < -0.4 is 10.6 Å².